The maximum absolute atomic E-state index is 9.07. The fourth-order valence-electron chi connectivity index (χ4n) is 2.71. The van der Waals surface area contributed by atoms with Crippen LogP contribution in [0.25, 0.3) is 0 Å². The second kappa shape index (κ2) is 5.41. The molecule has 0 radical (unpaired) electrons. The van der Waals surface area contributed by atoms with E-state index in [0.717, 1.165) is 29.0 Å². The van der Waals surface area contributed by atoms with Gasteiger partial charge in [0.05, 0.1) is 6.10 Å². The average Bonchev–Trinajstić information content (AvgIpc) is 2.76. The van der Waals surface area contributed by atoms with Crippen LogP contribution in [-0.4, -0.2) is 23.9 Å². The monoisotopic (exact) mass is 264 g/mol. The Morgan fingerprint density at radius 3 is 2.47 bits per heavy atom. The van der Waals surface area contributed by atoms with Gasteiger partial charge in [0.1, 0.15) is 17.6 Å². The van der Waals surface area contributed by atoms with Gasteiger partial charge in [0.2, 0.25) is 0 Å². The van der Waals surface area contributed by atoms with Crippen molar-refractivity contribution in [3.05, 3.63) is 22.3 Å². The molecule has 0 aliphatic carbocycles. The molecule has 1 aromatic rings. The Labute approximate surface area is 115 Å². The quantitative estimate of drug-likeness (QED) is 0.908. The zero-order valence-corrected chi connectivity index (χ0v) is 12.5. The van der Waals surface area contributed by atoms with Crippen molar-refractivity contribution in [2.45, 2.75) is 59.7 Å². The first kappa shape index (κ1) is 14.2. The van der Waals surface area contributed by atoms with E-state index in [9.17, 15) is 0 Å². The van der Waals surface area contributed by atoms with Crippen molar-refractivity contribution in [2.75, 3.05) is 6.61 Å². The van der Waals surface area contributed by atoms with Crippen LogP contribution < -0.4 is 9.47 Å². The molecule has 1 atom stereocenters. The van der Waals surface area contributed by atoms with Gasteiger partial charge in [-0.2, -0.15) is 0 Å². The Hall–Kier alpha value is -1.22. The Kier molecular flexibility index (Phi) is 4.04. The van der Waals surface area contributed by atoms with Crippen LogP contribution in [0, 0.1) is 20.8 Å². The molecule has 0 bridgehead atoms. The van der Waals surface area contributed by atoms with E-state index in [2.05, 4.69) is 20.8 Å². The predicted octanol–water partition coefficient (Wildman–Crippen LogP) is 3.08. The van der Waals surface area contributed by atoms with Crippen molar-refractivity contribution in [1.29, 1.82) is 0 Å². The standard InChI is InChI=1S/C16H24O3/c1-9(2)18-15-10(3)11(4)16-14(12(15)5)8-13(19-16)6-7-17/h9,13,17H,6-8H2,1-5H3. The van der Waals surface area contributed by atoms with Crippen LogP contribution in [0.15, 0.2) is 0 Å². The molecule has 1 aliphatic rings. The molecule has 1 aromatic carbocycles. The summed E-state index contributed by atoms with van der Waals surface area (Å²) in [6.07, 6.45) is 1.83. The lowest BCUT2D eigenvalue weighted by Crippen LogP contribution is -2.14. The van der Waals surface area contributed by atoms with Crippen molar-refractivity contribution < 1.29 is 14.6 Å². The third kappa shape index (κ3) is 2.57. The SMILES string of the molecule is Cc1c(C)c2c(c(C)c1OC(C)C)CC(CCO)O2. The maximum Gasteiger partial charge on any atom is 0.126 e. The number of aliphatic hydroxyl groups is 1. The highest BCUT2D eigenvalue weighted by Crippen LogP contribution is 2.43. The lowest BCUT2D eigenvalue weighted by Gasteiger charge is -2.19. The zero-order chi connectivity index (χ0) is 14.2. The summed E-state index contributed by atoms with van der Waals surface area (Å²) in [5.74, 6) is 2.00. The van der Waals surface area contributed by atoms with E-state index in [1.54, 1.807) is 0 Å². The van der Waals surface area contributed by atoms with E-state index in [-0.39, 0.29) is 18.8 Å². The van der Waals surface area contributed by atoms with Gasteiger partial charge in [0, 0.05) is 25.0 Å². The minimum Gasteiger partial charge on any atom is -0.490 e. The Morgan fingerprint density at radius 2 is 1.89 bits per heavy atom. The van der Waals surface area contributed by atoms with E-state index in [1.807, 2.05) is 13.8 Å². The Balaban J connectivity index is 2.43. The smallest absolute Gasteiger partial charge is 0.126 e. The van der Waals surface area contributed by atoms with Gasteiger partial charge in [0.15, 0.2) is 0 Å². The highest BCUT2D eigenvalue weighted by Gasteiger charge is 2.29. The molecule has 0 amide bonds. The fourth-order valence-corrected chi connectivity index (χ4v) is 2.71. The van der Waals surface area contributed by atoms with Gasteiger partial charge in [-0.1, -0.05) is 0 Å². The van der Waals surface area contributed by atoms with Gasteiger partial charge in [0.25, 0.3) is 0 Å². The molecule has 1 aliphatic heterocycles. The topological polar surface area (TPSA) is 38.7 Å². The first-order chi connectivity index (χ1) is 8.95. The van der Waals surface area contributed by atoms with E-state index < -0.39 is 0 Å². The van der Waals surface area contributed by atoms with Gasteiger partial charge in [-0.05, 0) is 51.3 Å². The molecule has 19 heavy (non-hydrogen) atoms. The number of ether oxygens (including phenoxy) is 2. The second-order valence-electron chi connectivity index (χ2n) is 5.63. The number of hydrogen-bond acceptors (Lipinski definition) is 3. The lowest BCUT2D eigenvalue weighted by atomic mass is 9.95. The number of hydrogen-bond donors (Lipinski definition) is 1. The van der Waals surface area contributed by atoms with Crippen LogP contribution in [-0.2, 0) is 6.42 Å². The van der Waals surface area contributed by atoms with Crippen LogP contribution in [0.5, 0.6) is 11.5 Å². The molecule has 3 nitrogen and oxygen atoms in total. The lowest BCUT2D eigenvalue weighted by molar-refractivity contribution is 0.174. The normalized spacial score (nSPS) is 17.5. The van der Waals surface area contributed by atoms with E-state index in [1.165, 1.54) is 11.1 Å². The minimum absolute atomic E-state index is 0.103. The summed E-state index contributed by atoms with van der Waals surface area (Å²) in [5.41, 5.74) is 4.76. The first-order valence-corrected chi connectivity index (χ1v) is 7.02. The molecule has 0 spiro atoms. The number of aliphatic hydroxyl groups excluding tert-OH is 1. The number of rotatable bonds is 4. The van der Waals surface area contributed by atoms with Gasteiger partial charge in [-0.3, -0.25) is 0 Å². The molecule has 2 rings (SSSR count). The van der Waals surface area contributed by atoms with Crippen LogP contribution >= 0.6 is 0 Å². The molecule has 0 aromatic heterocycles. The van der Waals surface area contributed by atoms with Crippen molar-refractivity contribution in [2.24, 2.45) is 0 Å². The van der Waals surface area contributed by atoms with Gasteiger partial charge in [-0.15, -0.1) is 0 Å². The number of fused-ring (bicyclic) bond motifs is 1. The average molecular weight is 264 g/mol. The molecule has 1 heterocycles. The third-order valence-electron chi connectivity index (χ3n) is 3.83. The molecular weight excluding hydrogens is 240 g/mol. The summed E-state index contributed by atoms with van der Waals surface area (Å²) in [6, 6.07) is 0. The molecule has 0 fully saturated rings. The highest BCUT2D eigenvalue weighted by molar-refractivity contribution is 5.59. The Bertz CT molecular complexity index is 478. The van der Waals surface area contributed by atoms with Crippen LogP contribution in [0.2, 0.25) is 0 Å². The van der Waals surface area contributed by atoms with E-state index in [4.69, 9.17) is 14.6 Å². The van der Waals surface area contributed by atoms with E-state index in [0.29, 0.717) is 6.42 Å². The van der Waals surface area contributed by atoms with Crippen molar-refractivity contribution in [1.82, 2.24) is 0 Å². The molecule has 0 saturated carbocycles. The summed E-state index contributed by atoms with van der Waals surface area (Å²) in [5, 5.41) is 9.07. The summed E-state index contributed by atoms with van der Waals surface area (Å²) in [6.45, 7) is 10.5. The van der Waals surface area contributed by atoms with E-state index >= 15 is 0 Å². The van der Waals surface area contributed by atoms with Crippen LogP contribution in [0.3, 0.4) is 0 Å². The summed E-state index contributed by atoms with van der Waals surface area (Å²) < 4.78 is 12.0. The highest BCUT2D eigenvalue weighted by atomic mass is 16.5. The summed E-state index contributed by atoms with van der Waals surface area (Å²) in [4.78, 5) is 0. The summed E-state index contributed by atoms with van der Waals surface area (Å²) >= 11 is 0. The predicted molar refractivity (Wildman–Crippen MR) is 76.2 cm³/mol. The fraction of sp³-hybridized carbons (Fsp3) is 0.625. The largest absolute Gasteiger partial charge is 0.490 e. The maximum atomic E-state index is 9.07. The van der Waals surface area contributed by atoms with Crippen LogP contribution in [0.4, 0.5) is 0 Å². The van der Waals surface area contributed by atoms with Crippen molar-refractivity contribution in [3.8, 4) is 11.5 Å². The molecule has 1 N–H and O–H groups in total. The molecular formula is C16H24O3. The molecule has 106 valence electrons. The molecule has 3 heteroatoms. The second-order valence-corrected chi connectivity index (χ2v) is 5.63. The van der Waals surface area contributed by atoms with Crippen molar-refractivity contribution >= 4 is 0 Å². The molecule has 0 saturated heterocycles. The van der Waals surface area contributed by atoms with Gasteiger partial charge >= 0.3 is 0 Å². The zero-order valence-electron chi connectivity index (χ0n) is 12.5. The van der Waals surface area contributed by atoms with Gasteiger partial charge in [-0.25, -0.2) is 0 Å². The van der Waals surface area contributed by atoms with Crippen molar-refractivity contribution in [3.63, 3.8) is 0 Å². The third-order valence-corrected chi connectivity index (χ3v) is 3.83. The molecule has 1 unspecified atom stereocenters. The van der Waals surface area contributed by atoms with Gasteiger partial charge < -0.3 is 14.6 Å². The summed E-state index contributed by atoms with van der Waals surface area (Å²) in [7, 11) is 0. The number of benzene rings is 1. The first-order valence-electron chi connectivity index (χ1n) is 7.02. The minimum atomic E-state index is 0.103. The van der Waals surface area contributed by atoms with Crippen LogP contribution in [0.1, 0.15) is 42.5 Å². The Morgan fingerprint density at radius 1 is 1.21 bits per heavy atom.